The monoisotopic (exact) mass is 446 g/mol. The van der Waals surface area contributed by atoms with Crippen molar-refractivity contribution >= 4 is 33.2 Å². The first kappa shape index (κ1) is 22.0. The van der Waals surface area contributed by atoms with E-state index in [0.29, 0.717) is 17.9 Å². The summed E-state index contributed by atoms with van der Waals surface area (Å²) in [5.74, 6) is -0.410. The molecule has 30 heavy (non-hydrogen) atoms. The van der Waals surface area contributed by atoms with Crippen LogP contribution in [0.3, 0.4) is 0 Å². The third-order valence-corrected chi connectivity index (χ3v) is 6.34. The van der Waals surface area contributed by atoms with Gasteiger partial charge in [0, 0.05) is 11.7 Å². The van der Waals surface area contributed by atoms with Gasteiger partial charge in [-0.25, -0.2) is 17.8 Å². The van der Waals surface area contributed by atoms with Crippen LogP contribution in [0.25, 0.3) is 0 Å². The molecule has 0 bridgehead atoms. The molecule has 0 fully saturated rings. The SMILES string of the molecule is Cc1nn(Cc2ccccc2)c(Cl)c1C(=O)Nc1ccc(S(=O)(=O)NC(C)C)cc1. The summed E-state index contributed by atoms with van der Waals surface area (Å²) in [5, 5.41) is 7.37. The Labute approximate surface area is 181 Å². The summed E-state index contributed by atoms with van der Waals surface area (Å²) < 4.78 is 28.5. The molecule has 3 aromatic rings. The number of hydrogen-bond acceptors (Lipinski definition) is 4. The Morgan fingerprint density at radius 2 is 1.73 bits per heavy atom. The molecule has 3 rings (SSSR count). The van der Waals surface area contributed by atoms with Gasteiger partial charge >= 0.3 is 0 Å². The lowest BCUT2D eigenvalue weighted by Gasteiger charge is -2.10. The van der Waals surface area contributed by atoms with Gasteiger partial charge in [-0.2, -0.15) is 5.10 Å². The Morgan fingerprint density at radius 3 is 2.33 bits per heavy atom. The summed E-state index contributed by atoms with van der Waals surface area (Å²) in [6, 6.07) is 15.4. The van der Waals surface area contributed by atoms with Crippen LogP contribution in [0.1, 0.15) is 35.5 Å². The second-order valence-corrected chi connectivity index (χ2v) is 9.22. The highest BCUT2D eigenvalue weighted by molar-refractivity contribution is 7.89. The number of nitrogens with zero attached hydrogens (tertiary/aromatic N) is 2. The predicted octanol–water partition coefficient (Wildman–Crippen LogP) is 3.83. The van der Waals surface area contributed by atoms with E-state index in [9.17, 15) is 13.2 Å². The van der Waals surface area contributed by atoms with Crippen molar-refractivity contribution in [1.82, 2.24) is 14.5 Å². The molecule has 0 spiro atoms. The topological polar surface area (TPSA) is 93.1 Å². The summed E-state index contributed by atoms with van der Waals surface area (Å²) in [6.07, 6.45) is 0. The molecule has 2 N–H and O–H groups in total. The fraction of sp³-hybridized carbons (Fsp3) is 0.238. The van der Waals surface area contributed by atoms with Gasteiger partial charge < -0.3 is 5.32 Å². The summed E-state index contributed by atoms with van der Waals surface area (Å²) in [7, 11) is -3.59. The highest BCUT2D eigenvalue weighted by atomic mass is 35.5. The van der Waals surface area contributed by atoms with Gasteiger partial charge in [-0.05, 0) is 50.6 Å². The molecule has 1 aromatic heterocycles. The number of anilines is 1. The number of hydrogen-bond donors (Lipinski definition) is 2. The lowest BCUT2D eigenvalue weighted by Crippen LogP contribution is -2.30. The third kappa shape index (κ3) is 5.08. The zero-order chi connectivity index (χ0) is 21.9. The molecule has 1 amide bonds. The van der Waals surface area contributed by atoms with Crippen molar-refractivity contribution in [2.24, 2.45) is 0 Å². The Hall–Kier alpha value is -2.68. The summed E-state index contributed by atoms with van der Waals surface area (Å²) in [4.78, 5) is 12.9. The molecule has 7 nitrogen and oxygen atoms in total. The van der Waals surface area contributed by atoms with Crippen LogP contribution in [-0.2, 0) is 16.6 Å². The maximum atomic E-state index is 12.8. The van der Waals surface area contributed by atoms with Crippen LogP contribution in [0.4, 0.5) is 5.69 Å². The number of halogens is 1. The van der Waals surface area contributed by atoms with Gasteiger partial charge in [0.1, 0.15) is 5.15 Å². The van der Waals surface area contributed by atoms with Crippen molar-refractivity contribution in [3.8, 4) is 0 Å². The fourth-order valence-corrected chi connectivity index (χ4v) is 4.53. The van der Waals surface area contributed by atoms with Crippen molar-refractivity contribution < 1.29 is 13.2 Å². The standard InChI is InChI=1S/C21H23ClN4O3S/c1-14(2)25-30(28,29)18-11-9-17(10-12-18)23-21(27)19-15(3)24-26(20(19)22)13-16-7-5-4-6-8-16/h4-12,14,25H,13H2,1-3H3,(H,23,27). The van der Waals surface area contributed by atoms with Gasteiger partial charge in [0.05, 0.1) is 22.7 Å². The number of aromatic nitrogens is 2. The largest absolute Gasteiger partial charge is 0.322 e. The van der Waals surface area contributed by atoms with Crippen molar-refractivity contribution in [1.29, 1.82) is 0 Å². The molecule has 9 heteroatoms. The van der Waals surface area contributed by atoms with Crippen molar-refractivity contribution in [2.45, 2.75) is 38.3 Å². The van der Waals surface area contributed by atoms with Gasteiger partial charge in [0.15, 0.2) is 0 Å². The van der Waals surface area contributed by atoms with E-state index in [2.05, 4.69) is 15.1 Å². The second-order valence-electron chi connectivity index (χ2n) is 7.15. The summed E-state index contributed by atoms with van der Waals surface area (Å²) in [6.45, 7) is 5.66. The third-order valence-electron chi connectivity index (χ3n) is 4.28. The van der Waals surface area contributed by atoms with Gasteiger partial charge in [-0.3, -0.25) is 4.79 Å². The lowest BCUT2D eigenvalue weighted by molar-refractivity contribution is 0.102. The minimum Gasteiger partial charge on any atom is -0.322 e. The summed E-state index contributed by atoms with van der Waals surface area (Å²) >= 11 is 6.43. The Bertz CT molecular complexity index is 1140. The fourth-order valence-electron chi connectivity index (χ4n) is 2.96. The zero-order valence-corrected chi connectivity index (χ0v) is 18.5. The van der Waals surface area contributed by atoms with Crippen LogP contribution in [0.2, 0.25) is 5.15 Å². The van der Waals surface area contributed by atoms with E-state index in [0.717, 1.165) is 5.56 Å². The van der Waals surface area contributed by atoms with Crippen molar-refractivity contribution in [3.63, 3.8) is 0 Å². The molecule has 0 saturated carbocycles. The van der Waals surface area contributed by atoms with Crippen LogP contribution in [0.15, 0.2) is 59.5 Å². The predicted molar refractivity (Wildman–Crippen MR) is 117 cm³/mol. The number of amides is 1. The van der Waals surface area contributed by atoms with Gasteiger partial charge in [-0.1, -0.05) is 41.9 Å². The van der Waals surface area contributed by atoms with E-state index in [1.54, 1.807) is 25.5 Å². The highest BCUT2D eigenvalue weighted by Gasteiger charge is 2.21. The van der Waals surface area contributed by atoms with Gasteiger partial charge in [-0.15, -0.1) is 0 Å². The van der Waals surface area contributed by atoms with Gasteiger partial charge in [0.25, 0.3) is 5.91 Å². The van der Waals surface area contributed by atoms with E-state index in [1.807, 2.05) is 30.3 Å². The van der Waals surface area contributed by atoms with Gasteiger partial charge in [0.2, 0.25) is 10.0 Å². The van der Waals surface area contributed by atoms with Crippen LogP contribution in [0, 0.1) is 6.92 Å². The summed E-state index contributed by atoms with van der Waals surface area (Å²) in [5.41, 5.74) is 2.26. The zero-order valence-electron chi connectivity index (χ0n) is 16.9. The molecule has 0 saturated heterocycles. The normalized spacial score (nSPS) is 11.6. The minimum absolute atomic E-state index is 0.124. The Balaban J connectivity index is 1.76. The minimum atomic E-state index is -3.59. The quantitative estimate of drug-likeness (QED) is 0.576. The number of carbonyl (C=O) groups excluding carboxylic acids is 1. The lowest BCUT2D eigenvalue weighted by atomic mass is 10.2. The van der Waals surface area contributed by atoms with Crippen LogP contribution >= 0.6 is 11.6 Å². The molecule has 2 aromatic carbocycles. The number of sulfonamides is 1. The molecule has 0 atom stereocenters. The average molecular weight is 447 g/mol. The first-order valence-electron chi connectivity index (χ1n) is 9.38. The average Bonchev–Trinajstić information content (AvgIpc) is 2.95. The van der Waals surface area contributed by atoms with E-state index in [4.69, 9.17) is 11.6 Å². The number of carbonyl (C=O) groups is 1. The number of benzene rings is 2. The van der Waals surface area contributed by atoms with Crippen molar-refractivity contribution in [2.75, 3.05) is 5.32 Å². The number of aryl methyl sites for hydroxylation is 1. The van der Waals surface area contributed by atoms with E-state index in [1.165, 1.54) is 24.3 Å². The smallest absolute Gasteiger partial charge is 0.260 e. The first-order valence-corrected chi connectivity index (χ1v) is 11.2. The van der Waals surface area contributed by atoms with Crippen molar-refractivity contribution in [3.05, 3.63) is 76.6 Å². The van der Waals surface area contributed by atoms with Crippen LogP contribution in [-0.4, -0.2) is 30.1 Å². The Morgan fingerprint density at radius 1 is 1.10 bits per heavy atom. The Kier molecular flexibility index (Phi) is 6.60. The van der Waals surface area contributed by atoms with E-state index >= 15 is 0 Å². The van der Waals surface area contributed by atoms with Crippen LogP contribution < -0.4 is 10.0 Å². The molecule has 1 heterocycles. The molecule has 0 aliphatic carbocycles. The van der Waals surface area contributed by atoms with E-state index in [-0.39, 0.29) is 21.7 Å². The second kappa shape index (κ2) is 8.99. The molecular formula is C21H23ClN4O3S. The molecule has 158 valence electrons. The van der Waals surface area contributed by atoms with E-state index < -0.39 is 15.9 Å². The molecule has 0 aliphatic heterocycles. The molecule has 0 radical (unpaired) electrons. The molecule has 0 unspecified atom stereocenters. The van der Waals surface area contributed by atoms with Crippen LogP contribution in [0.5, 0.6) is 0 Å². The maximum absolute atomic E-state index is 12.8. The highest BCUT2D eigenvalue weighted by Crippen LogP contribution is 2.23. The first-order chi connectivity index (χ1) is 14.2. The molecule has 0 aliphatic rings. The maximum Gasteiger partial charge on any atom is 0.260 e. The number of rotatable bonds is 7. The number of nitrogens with one attached hydrogen (secondary N) is 2. The molecular weight excluding hydrogens is 424 g/mol.